The van der Waals surface area contributed by atoms with Crippen LogP contribution in [0.4, 0.5) is 0 Å². The summed E-state index contributed by atoms with van der Waals surface area (Å²) >= 11 is 0. The maximum absolute atomic E-state index is 12.0. The molecule has 2 aliphatic rings. The Balaban J connectivity index is 1.76. The molecule has 1 aliphatic carbocycles. The molecule has 0 unspecified atom stereocenters. The molecule has 0 bridgehead atoms. The van der Waals surface area contributed by atoms with E-state index >= 15 is 0 Å². The van der Waals surface area contributed by atoms with Crippen LogP contribution in [0, 0.1) is 5.92 Å². The number of nitrogens with zero attached hydrogens (tertiary/aromatic N) is 1. The Kier molecular flexibility index (Phi) is 4.80. The van der Waals surface area contributed by atoms with E-state index in [-0.39, 0.29) is 18.5 Å². The molecular weight excluding hydrogens is 244 g/mol. The highest BCUT2D eigenvalue weighted by Crippen LogP contribution is 2.23. The molecular formula is C14H24N2O3. The average molecular weight is 268 g/mol. The Morgan fingerprint density at radius 3 is 2.53 bits per heavy atom. The van der Waals surface area contributed by atoms with Gasteiger partial charge in [0, 0.05) is 6.04 Å². The van der Waals surface area contributed by atoms with Crippen molar-refractivity contribution >= 4 is 11.9 Å². The quantitative estimate of drug-likeness (QED) is 0.804. The predicted molar refractivity (Wildman–Crippen MR) is 71.8 cm³/mol. The number of hydrogen-bond acceptors (Lipinski definition) is 3. The van der Waals surface area contributed by atoms with Crippen LogP contribution in [0.3, 0.4) is 0 Å². The topological polar surface area (TPSA) is 69.6 Å². The SMILES string of the molecule is CC1CCC(NC(=O)CN2CCC[C@H]2C(=O)O)CC1. The van der Waals surface area contributed by atoms with Crippen molar-refractivity contribution in [3.8, 4) is 0 Å². The summed E-state index contributed by atoms with van der Waals surface area (Å²) in [6.45, 7) is 3.19. The van der Waals surface area contributed by atoms with Crippen molar-refractivity contribution in [2.24, 2.45) is 5.92 Å². The van der Waals surface area contributed by atoms with Gasteiger partial charge in [0.05, 0.1) is 6.54 Å². The van der Waals surface area contributed by atoms with Gasteiger partial charge in [0.2, 0.25) is 5.91 Å². The third-order valence-electron chi connectivity index (χ3n) is 4.38. The van der Waals surface area contributed by atoms with Gasteiger partial charge in [-0.2, -0.15) is 0 Å². The Hall–Kier alpha value is -1.10. The number of aliphatic carboxylic acids is 1. The molecule has 2 N–H and O–H groups in total. The maximum atomic E-state index is 12.0. The monoisotopic (exact) mass is 268 g/mol. The molecule has 1 amide bonds. The van der Waals surface area contributed by atoms with Gasteiger partial charge in [0.15, 0.2) is 0 Å². The zero-order valence-electron chi connectivity index (χ0n) is 11.6. The van der Waals surface area contributed by atoms with Gasteiger partial charge in [-0.05, 0) is 51.0 Å². The number of carboxylic acids is 1. The summed E-state index contributed by atoms with van der Waals surface area (Å²) in [6.07, 6.45) is 5.97. The number of carbonyl (C=O) groups excluding carboxylic acids is 1. The van der Waals surface area contributed by atoms with Crippen LogP contribution in [0.2, 0.25) is 0 Å². The fourth-order valence-corrected chi connectivity index (χ4v) is 3.16. The van der Waals surface area contributed by atoms with Gasteiger partial charge in [-0.1, -0.05) is 6.92 Å². The number of carbonyl (C=O) groups is 2. The molecule has 0 aromatic heterocycles. The summed E-state index contributed by atoms with van der Waals surface area (Å²) in [6, 6.07) is -0.188. The van der Waals surface area contributed by atoms with E-state index in [2.05, 4.69) is 12.2 Å². The first-order valence-corrected chi connectivity index (χ1v) is 7.32. The number of likely N-dealkylation sites (tertiary alicyclic amines) is 1. The van der Waals surface area contributed by atoms with Crippen LogP contribution in [-0.2, 0) is 9.59 Å². The minimum Gasteiger partial charge on any atom is -0.480 e. The normalized spacial score (nSPS) is 32.2. The molecule has 0 spiro atoms. The fraction of sp³-hybridized carbons (Fsp3) is 0.857. The molecule has 2 fully saturated rings. The van der Waals surface area contributed by atoms with Crippen LogP contribution >= 0.6 is 0 Å². The molecule has 1 heterocycles. The fourth-order valence-electron chi connectivity index (χ4n) is 3.16. The molecule has 5 nitrogen and oxygen atoms in total. The molecule has 1 saturated carbocycles. The molecule has 0 aromatic rings. The highest BCUT2D eigenvalue weighted by Gasteiger charge is 2.32. The van der Waals surface area contributed by atoms with Crippen molar-refractivity contribution in [1.29, 1.82) is 0 Å². The zero-order chi connectivity index (χ0) is 13.8. The Morgan fingerprint density at radius 2 is 1.89 bits per heavy atom. The molecule has 108 valence electrons. The first-order valence-electron chi connectivity index (χ1n) is 7.32. The minimum atomic E-state index is -0.809. The van der Waals surface area contributed by atoms with E-state index in [9.17, 15) is 9.59 Å². The molecule has 19 heavy (non-hydrogen) atoms. The molecule has 0 radical (unpaired) electrons. The highest BCUT2D eigenvalue weighted by molar-refractivity contribution is 5.80. The van der Waals surface area contributed by atoms with E-state index < -0.39 is 12.0 Å². The highest BCUT2D eigenvalue weighted by atomic mass is 16.4. The predicted octanol–water partition coefficient (Wildman–Crippen LogP) is 1.23. The van der Waals surface area contributed by atoms with E-state index in [0.717, 1.165) is 25.2 Å². The molecule has 1 atom stereocenters. The van der Waals surface area contributed by atoms with Crippen molar-refractivity contribution in [2.75, 3.05) is 13.1 Å². The van der Waals surface area contributed by atoms with Crippen LogP contribution in [-0.4, -0.2) is 47.1 Å². The lowest BCUT2D eigenvalue weighted by Crippen LogP contribution is -2.46. The Morgan fingerprint density at radius 1 is 1.21 bits per heavy atom. The molecule has 1 saturated heterocycles. The van der Waals surface area contributed by atoms with E-state index in [1.807, 2.05) is 0 Å². The molecule has 2 rings (SSSR count). The van der Waals surface area contributed by atoms with E-state index in [0.29, 0.717) is 13.0 Å². The average Bonchev–Trinajstić information content (AvgIpc) is 2.80. The molecule has 0 aromatic carbocycles. The first kappa shape index (κ1) is 14.3. The summed E-state index contributed by atoms with van der Waals surface area (Å²) in [4.78, 5) is 24.8. The van der Waals surface area contributed by atoms with Gasteiger partial charge in [-0.3, -0.25) is 14.5 Å². The van der Waals surface area contributed by atoms with Crippen molar-refractivity contribution in [3.63, 3.8) is 0 Å². The van der Waals surface area contributed by atoms with Crippen molar-refractivity contribution in [2.45, 2.75) is 57.5 Å². The summed E-state index contributed by atoms with van der Waals surface area (Å²) in [5.41, 5.74) is 0. The second-order valence-electron chi connectivity index (χ2n) is 5.99. The van der Waals surface area contributed by atoms with Crippen molar-refractivity contribution in [1.82, 2.24) is 10.2 Å². The Labute approximate surface area is 114 Å². The van der Waals surface area contributed by atoms with Crippen LogP contribution < -0.4 is 5.32 Å². The number of carboxylic acid groups (broad SMARTS) is 1. The summed E-state index contributed by atoms with van der Waals surface area (Å²) < 4.78 is 0. The van der Waals surface area contributed by atoms with Crippen LogP contribution in [0.5, 0.6) is 0 Å². The third kappa shape index (κ3) is 3.93. The lowest BCUT2D eigenvalue weighted by Gasteiger charge is -2.28. The number of hydrogen-bond donors (Lipinski definition) is 2. The number of rotatable bonds is 4. The number of nitrogens with one attached hydrogen (secondary N) is 1. The van der Waals surface area contributed by atoms with Gasteiger partial charge >= 0.3 is 5.97 Å². The standard InChI is InChI=1S/C14H24N2O3/c1-10-4-6-11(7-5-10)15-13(17)9-16-8-2-3-12(16)14(18)19/h10-12H,2-9H2,1H3,(H,15,17)(H,18,19)/t10?,11?,12-/m0/s1. The van der Waals surface area contributed by atoms with Crippen LogP contribution in [0.25, 0.3) is 0 Å². The lowest BCUT2D eigenvalue weighted by atomic mass is 9.87. The van der Waals surface area contributed by atoms with Crippen molar-refractivity contribution < 1.29 is 14.7 Å². The summed E-state index contributed by atoms with van der Waals surface area (Å²) in [5, 5.41) is 12.1. The second-order valence-corrected chi connectivity index (χ2v) is 5.99. The third-order valence-corrected chi connectivity index (χ3v) is 4.38. The summed E-state index contributed by atoms with van der Waals surface area (Å²) in [7, 11) is 0. The summed E-state index contributed by atoms with van der Waals surface area (Å²) in [5.74, 6) is -0.0624. The number of amides is 1. The lowest BCUT2D eigenvalue weighted by molar-refractivity contribution is -0.142. The maximum Gasteiger partial charge on any atom is 0.320 e. The minimum absolute atomic E-state index is 0.0206. The second kappa shape index (κ2) is 6.37. The van der Waals surface area contributed by atoms with Crippen molar-refractivity contribution in [3.05, 3.63) is 0 Å². The van der Waals surface area contributed by atoms with Gasteiger partial charge in [-0.15, -0.1) is 0 Å². The van der Waals surface area contributed by atoms with E-state index in [1.165, 1.54) is 12.8 Å². The Bertz CT molecular complexity index is 338. The molecule has 5 heteroatoms. The van der Waals surface area contributed by atoms with Gasteiger partial charge in [-0.25, -0.2) is 0 Å². The zero-order valence-corrected chi connectivity index (χ0v) is 11.6. The van der Waals surface area contributed by atoms with E-state index in [1.54, 1.807) is 4.90 Å². The van der Waals surface area contributed by atoms with Gasteiger partial charge in [0.1, 0.15) is 6.04 Å². The van der Waals surface area contributed by atoms with Gasteiger partial charge in [0.25, 0.3) is 0 Å². The smallest absolute Gasteiger partial charge is 0.320 e. The van der Waals surface area contributed by atoms with E-state index in [4.69, 9.17) is 5.11 Å². The van der Waals surface area contributed by atoms with Crippen LogP contribution in [0.15, 0.2) is 0 Å². The molecule has 1 aliphatic heterocycles. The first-order chi connectivity index (χ1) is 9.06. The largest absolute Gasteiger partial charge is 0.480 e. The van der Waals surface area contributed by atoms with Gasteiger partial charge < -0.3 is 10.4 Å². The van der Waals surface area contributed by atoms with Crippen LogP contribution in [0.1, 0.15) is 45.4 Å².